The van der Waals surface area contributed by atoms with E-state index in [9.17, 15) is 4.79 Å². The summed E-state index contributed by atoms with van der Waals surface area (Å²) in [5.74, 6) is 0.538. The van der Waals surface area contributed by atoms with Crippen LogP contribution in [0.1, 0.15) is 18.1 Å². The second kappa shape index (κ2) is 7.18. The number of fused-ring (bicyclic) bond motifs is 1. The number of aryl methyl sites for hydroxylation is 1. The number of rotatable bonds is 4. The summed E-state index contributed by atoms with van der Waals surface area (Å²) >= 11 is 0. The van der Waals surface area contributed by atoms with Crippen LogP contribution in [0.5, 0.6) is 0 Å². The summed E-state index contributed by atoms with van der Waals surface area (Å²) in [6.45, 7) is 8.39. The van der Waals surface area contributed by atoms with Gasteiger partial charge in [0, 0.05) is 18.1 Å². The summed E-state index contributed by atoms with van der Waals surface area (Å²) in [6, 6.07) is 14.2. The molecule has 0 atom stereocenters. The van der Waals surface area contributed by atoms with Crippen molar-refractivity contribution in [1.29, 1.82) is 0 Å². The predicted molar refractivity (Wildman–Crippen MR) is 105 cm³/mol. The molecule has 2 amide bonds. The molecule has 0 aliphatic heterocycles. The van der Waals surface area contributed by atoms with Gasteiger partial charge < -0.3 is 5.32 Å². The Hall–Kier alpha value is -3.14. The SMILES string of the molecule is C=Cc1ccc(C)c(-c2ccc3cc(NC(=O)NCC)ncc3c2)c1. The third-order valence-corrected chi connectivity index (χ3v) is 4.11. The van der Waals surface area contributed by atoms with Gasteiger partial charge in [0.05, 0.1) is 0 Å². The molecule has 0 aliphatic carbocycles. The molecule has 0 radical (unpaired) electrons. The van der Waals surface area contributed by atoms with Crippen LogP contribution < -0.4 is 10.6 Å². The fourth-order valence-electron chi connectivity index (χ4n) is 2.78. The monoisotopic (exact) mass is 331 g/mol. The number of pyridine rings is 1. The van der Waals surface area contributed by atoms with Crippen LogP contribution in [0.25, 0.3) is 28.0 Å². The highest BCUT2D eigenvalue weighted by Gasteiger charge is 2.06. The third kappa shape index (κ3) is 3.69. The summed E-state index contributed by atoms with van der Waals surface area (Å²) in [5, 5.41) is 7.49. The molecule has 2 N–H and O–H groups in total. The molecule has 1 aromatic heterocycles. The van der Waals surface area contributed by atoms with Crippen LogP contribution in [0.2, 0.25) is 0 Å². The van der Waals surface area contributed by atoms with Crippen molar-refractivity contribution >= 4 is 28.7 Å². The lowest BCUT2D eigenvalue weighted by molar-refractivity contribution is 0.252. The molecular weight excluding hydrogens is 310 g/mol. The van der Waals surface area contributed by atoms with Gasteiger partial charge in [-0.05, 0) is 59.7 Å². The zero-order valence-electron chi connectivity index (χ0n) is 14.5. The minimum Gasteiger partial charge on any atom is -0.338 e. The van der Waals surface area contributed by atoms with Crippen LogP contribution in [0.15, 0.2) is 55.2 Å². The minimum absolute atomic E-state index is 0.247. The molecule has 3 aromatic rings. The number of benzene rings is 2. The molecular formula is C21H21N3O. The molecule has 4 heteroatoms. The summed E-state index contributed by atoms with van der Waals surface area (Å²) in [4.78, 5) is 15.9. The van der Waals surface area contributed by atoms with Crippen molar-refractivity contribution in [2.45, 2.75) is 13.8 Å². The van der Waals surface area contributed by atoms with Gasteiger partial charge >= 0.3 is 6.03 Å². The summed E-state index contributed by atoms with van der Waals surface area (Å²) < 4.78 is 0. The number of urea groups is 1. The van der Waals surface area contributed by atoms with E-state index in [-0.39, 0.29) is 6.03 Å². The van der Waals surface area contributed by atoms with Crippen molar-refractivity contribution in [2.75, 3.05) is 11.9 Å². The third-order valence-electron chi connectivity index (χ3n) is 4.11. The lowest BCUT2D eigenvalue weighted by Gasteiger charge is -2.10. The fourth-order valence-corrected chi connectivity index (χ4v) is 2.78. The molecule has 0 saturated carbocycles. The molecule has 3 rings (SSSR count). The number of amides is 2. The quantitative estimate of drug-likeness (QED) is 0.707. The fraction of sp³-hybridized carbons (Fsp3) is 0.143. The Bertz CT molecular complexity index is 947. The van der Waals surface area contributed by atoms with Crippen LogP contribution in [-0.2, 0) is 0 Å². The minimum atomic E-state index is -0.247. The van der Waals surface area contributed by atoms with Crippen molar-refractivity contribution in [2.24, 2.45) is 0 Å². The molecule has 0 aliphatic rings. The van der Waals surface area contributed by atoms with Crippen LogP contribution in [0.4, 0.5) is 10.6 Å². The zero-order valence-corrected chi connectivity index (χ0v) is 14.5. The second-order valence-corrected chi connectivity index (χ2v) is 5.89. The van der Waals surface area contributed by atoms with E-state index in [4.69, 9.17) is 0 Å². The number of anilines is 1. The first kappa shape index (κ1) is 16.7. The summed E-state index contributed by atoms with van der Waals surface area (Å²) in [7, 11) is 0. The van der Waals surface area contributed by atoms with Gasteiger partial charge in [0.1, 0.15) is 5.82 Å². The molecule has 0 saturated heterocycles. The molecule has 0 unspecified atom stereocenters. The van der Waals surface area contributed by atoms with Crippen LogP contribution in [0.3, 0.4) is 0 Å². The number of carbonyl (C=O) groups excluding carboxylic acids is 1. The van der Waals surface area contributed by atoms with Gasteiger partial charge in [0.15, 0.2) is 0 Å². The first-order valence-corrected chi connectivity index (χ1v) is 8.29. The van der Waals surface area contributed by atoms with Gasteiger partial charge in [-0.25, -0.2) is 9.78 Å². The topological polar surface area (TPSA) is 54.0 Å². The number of aromatic nitrogens is 1. The lowest BCUT2D eigenvalue weighted by Crippen LogP contribution is -2.28. The van der Waals surface area contributed by atoms with E-state index in [2.05, 4.69) is 65.5 Å². The van der Waals surface area contributed by atoms with E-state index in [1.165, 1.54) is 11.1 Å². The van der Waals surface area contributed by atoms with Gasteiger partial charge in [-0.15, -0.1) is 0 Å². The number of hydrogen-bond acceptors (Lipinski definition) is 2. The maximum absolute atomic E-state index is 11.6. The van der Waals surface area contributed by atoms with Gasteiger partial charge in [-0.2, -0.15) is 0 Å². The van der Waals surface area contributed by atoms with Crippen LogP contribution in [0, 0.1) is 6.92 Å². The van der Waals surface area contributed by atoms with Crippen molar-refractivity contribution in [1.82, 2.24) is 10.3 Å². The normalized spacial score (nSPS) is 10.5. The highest BCUT2D eigenvalue weighted by Crippen LogP contribution is 2.28. The largest absolute Gasteiger partial charge is 0.338 e. The highest BCUT2D eigenvalue weighted by atomic mass is 16.2. The summed E-state index contributed by atoms with van der Waals surface area (Å²) in [5.41, 5.74) is 4.64. The molecule has 2 aromatic carbocycles. The van der Waals surface area contributed by atoms with Crippen molar-refractivity contribution in [3.05, 3.63) is 66.4 Å². The number of hydrogen-bond donors (Lipinski definition) is 2. The molecule has 0 spiro atoms. The Labute approximate surface area is 147 Å². The highest BCUT2D eigenvalue weighted by molar-refractivity contribution is 5.93. The van der Waals surface area contributed by atoms with Gasteiger partial charge in [0.25, 0.3) is 0 Å². The van der Waals surface area contributed by atoms with Gasteiger partial charge in [-0.3, -0.25) is 5.32 Å². The van der Waals surface area contributed by atoms with Crippen molar-refractivity contribution < 1.29 is 4.79 Å². The molecule has 126 valence electrons. The van der Waals surface area contributed by atoms with E-state index >= 15 is 0 Å². The lowest BCUT2D eigenvalue weighted by atomic mass is 9.96. The van der Waals surface area contributed by atoms with Gasteiger partial charge in [-0.1, -0.05) is 36.9 Å². The molecule has 0 fully saturated rings. The Morgan fingerprint density at radius 1 is 1.16 bits per heavy atom. The average Bonchev–Trinajstić information content (AvgIpc) is 2.62. The van der Waals surface area contributed by atoms with E-state index in [1.54, 1.807) is 6.20 Å². The molecule has 0 bridgehead atoms. The first-order valence-electron chi connectivity index (χ1n) is 8.29. The Kier molecular flexibility index (Phi) is 4.80. The standard InChI is InChI=1S/C21H21N3O/c1-4-15-7-6-14(3)19(10-15)17-9-8-16-12-20(23-13-18(16)11-17)24-21(25)22-5-2/h4,6-13H,1,5H2,2-3H3,(H2,22,23,24,25). The van der Waals surface area contributed by atoms with Crippen LogP contribution >= 0.6 is 0 Å². The molecule has 4 nitrogen and oxygen atoms in total. The first-order chi connectivity index (χ1) is 12.1. The predicted octanol–water partition coefficient (Wildman–Crippen LogP) is 4.99. The maximum Gasteiger partial charge on any atom is 0.320 e. The average molecular weight is 331 g/mol. The number of nitrogens with zero attached hydrogens (tertiary/aromatic N) is 1. The van der Waals surface area contributed by atoms with E-state index in [0.717, 1.165) is 21.9 Å². The van der Waals surface area contributed by atoms with Crippen molar-refractivity contribution in [3.63, 3.8) is 0 Å². The second-order valence-electron chi connectivity index (χ2n) is 5.89. The number of carbonyl (C=O) groups is 1. The van der Waals surface area contributed by atoms with Gasteiger partial charge in [0.2, 0.25) is 0 Å². The molecule has 1 heterocycles. The maximum atomic E-state index is 11.6. The smallest absolute Gasteiger partial charge is 0.320 e. The van der Waals surface area contributed by atoms with E-state index in [0.29, 0.717) is 12.4 Å². The van der Waals surface area contributed by atoms with Crippen molar-refractivity contribution in [3.8, 4) is 11.1 Å². The Morgan fingerprint density at radius 3 is 2.76 bits per heavy atom. The van der Waals surface area contributed by atoms with E-state index < -0.39 is 0 Å². The van der Waals surface area contributed by atoms with Crippen LogP contribution in [-0.4, -0.2) is 17.6 Å². The molecule has 25 heavy (non-hydrogen) atoms. The summed E-state index contributed by atoms with van der Waals surface area (Å²) in [6.07, 6.45) is 3.64. The zero-order chi connectivity index (χ0) is 17.8. The number of nitrogens with one attached hydrogen (secondary N) is 2. The Balaban J connectivity index is 1.96. The van der Waals surface area contributed by atoms with E-state index in [1.807, 2.05) is 19.1 Å². The Morgan fingerprint density at radius 2 is 2.00 bits per heavy atom.